The van der Waals surface area contributed by atoms with E-state index in [9.17, 15) is 0 Å². The molecule has 0 saturated carbocycles. The first-order chi connectivity index (χ1) is 8.08. The smallest absolute Gasteiger partial charge is 0.193 e. The number of nitrogens with two attached hydrogens (primary N) is 1. The first-order valence-corrected chi connectivity index (χ1v) is 5.85. The van der Waals surface area contributed by atoms with E-state index in [1.807, 2.05) is 18.5 Å². The van der Waals surface area contributed by atoms with Crippen LogP contribution in [0.15, 0.2) is 22.9 Å². The molecule has 92 valence electrons. The predicted octanol–water partition coefficient (Wildman–Crippen LogP) is 2.35. The van der Waals surface area contributed by atoms with Crippen molar-refractivity contribution in [2.24, 2.45) is 5.73 Å². The summed E-state index contributed by atoms with van der Waals surface area (Å²) >= 11 is 5.71. The van der Waals surface area contributed by atoms with E-state index < -0.39 is 0 Å². The molecule has 0 fully saturated rings. The fourth-order valence-corrected chi connectivity index (χ4v) is 1.83. The highest BCUT2D eigenvalue weighted by Gasteiger charge is 2.16. The Kier molecular flexibility index (Phi) is 3.49. The Morgan fingerprint density at radius 1 is 1.47 bits per heavy atom. The number of hydrogen-bond acceptors (Lipinski definition) is 4. The molecule has 2 N–H and O–H groups in total. The Labute approximate surface area is 105 Å². The van der Waals surface area contributed by atoms with Crippen LogP contribution in [0.1, 0.15) is 37.5 Å². The van der Waals surface area contributed by atoms with Gasteiger partial charge < -0.3 is 10.2 Å². The van der Waals surface area contributed by atoms with Crippen LogP contribution in [0, 0.1) is 0 Å². The SMILES string of the molecule is CC(C)n1ncnc1CC(N)c1ccc(Cl)o1. The minimum absolute atomic E-state index is 0.260. The van der Waals surface area contributed by atoms with E-state index in [0.29, 0.717) is 17.4 Å². The van der Waals surface area contributed by atoms with Gasteiger partial charge in [0.1, 0.15) is 17.9 Å². The number of rotatable bonds is 4. The zero-order chi connectivity index (χ0) is 12.4. The van der Waals surface area contributed by atoms with Gasteiger partial charge >= 0.3 is 0 Å². The third-order valence-electron chi connectivity index (χ3n) is 2.50. The lowest BCUT2D eigenvalue weighted by Gasteiger charge is -2.12. The summed E-state index contributed by atoms with van der Waals surface area (Å²) in [6, 6.07) is 3.47. The fraction of sp³-hybridized carbons (Fsp3) is 0.455. The Hall–Kier alpha value is -1.33. The van der Waals surface area contributed by atoms with Gasteiger partial charge in [0.2, 0.25) is 0 Å². The van der Waals surface area contributed by atoms with Gasteiger partial charge in [0.25, 0.3) is 0 Å². The molecule has 0 saturated heterocycles. The summed E-state index contributed by atoms with van der Waals surface area (Å²) in [6.45, 7) is 4.10. The molecule has 6 heteroatoms. The number of halogens is 1. The molecule has 0 aliphatic carbocycles. The summed E-state index contributed by atoms with van der Waals surface area (Å²) in [5.41, 5.74) is 6.04. The lowest BCUT2D eigenvalue weighted by atomic mass is 10.1. The highest BCUT2D eigenvalue weighted by Crippen LogP contribution is 2.21. The van der Waals surface area contributed by atoms with Gasteiger partial charge in [-0.25, -0.2) is 9.67 Å². The van der Waals surface area contributed by atoms with Crippen LogP contribution in [-0.4, -0.2) is 14.8 Å². The molecule has 0 radical (unpaired) electrons. The molecule has 5 nitrogen and oxygen atoms in total. The lowest BCUT2D eigenvalue weighted by molar-refractivity contribution is 0.443. The van der Waals surface area contributed by atoms with Gasteiger partial charge in [-0.05, 0) is 37.6 Å². The maximum Gasteiger partial charge on any atom is 0.193 e. The molecule has 0 spiro atoms. The molecule has 1 atom stereocenters. The number of furan rings is 1. The average Bonchev–Trinajstić information content (AvgIpc) is 2.86. The van der Waals surface area contributed by atoms with Crippen LogP contribution in [0.5, 0.6) is 0 Å². The van der Waals surface area contributed by atoms with E-state index in [-0.39, 0.29) is 12.1 Å². The molecule has 1 unspecified atom stereocenters. The van der Waals surface area contributed by atoms with Gasteiger partial charge in [0.15, 0.2) is 5.22 Å². The molecular formula is C11H15ClN4O. The van der Waals surface area contributed by atoms with Crippen molar-refractivity contribution in [3.8, 4) is 0 Å². The van der Waals surface area contributed by atoms with Crippen LogP contribution >= 0.6 is 11.6 Å². The van der Waals surface area contributed by atoms with Gasteiger partial charge in [-0.2, -0.15) is 5.10 Å². The summed E-state index contributed by atoms with van der Waals surface area (Å²) in [5, 5.41) is 4.51. The van der Waals surface area contributed by atoms with E-state index in [1.54, 1.807) is 12.1 Å². The van der Waals surface area contributed by atoms with E-state index in [1.165, 1.54) is 6.33 Å². The van der Waals surface area contributed by atoms with Gasteiger partial charge in [-0.3, -0.25) is 0 Å². The average molecular weight is 255 g/mol. The zero-order valence-corrected chi connectivity index (χ0v) is 10.6. The van der Waals surface area contributed by atoms with Gasteiger partial charge in [-0.1, -0.05) is 0 Å². The molecule has 0 aliphatic rings. The van der Waals surface area contributed by atoms with Gasteiger partial charge in [-0.15, -0.1) is 0 Å². The maximum atomic E-state index is 6.04. The molecule has 0 bridgehead atoms. The Morgan fingerprint density at radius 3 is 2.82 bits per heavy atom. The minimum Gasteiger partial charge on any atom is -0.448 e. The second-order valence-corrected chi connectivity index (χ2v) is 4.54. The zero-order valence-electron chi connectivity index (χ0n) is 9.80. The van der Waals surface area contributed by atoms with Crippen LogP contribution in [-0.2, 0) is 6.42 Å². The molecule has 0 aliphatic heterocycles. The summed E-state index contributed by atoms with van der Waals surface area (Å²) < 4.78 is 7.13. The van der Waals surface area contributed by atoms with Crippen molar-refractivity contribution in [2.75, 3.05) is 0 Å². The Morgan fingerprint density at radius 2 is 2.24 bits per heavy atom. The minimum atomic E-state index is -0.260. The largest absolute Gasteiger partial charge is 0.448 e. The van der Waals surface area contributed by atoms with Crippen molar-refractivity contribution >= 4 is 11.6 Å². The van der Waals surface area contributed by atoms with Crippen molar-refractivity contribution in [3.63, 3.8) is 0 Å². The van der Waals surface area contributed by atoms with Crippen LogP contribution in [0.2, 0.25) is 5.22 Å². The molecule has 17 heavy (non-hydrogen) atoms. The van der Waals surface area contributed by atoms with E-state index in [2.05, 4.69) is 10.1 Å². The van der Waals surface area contributed by atoms with Crippen molar-refractivity contribution in [3.05, 3.63) is 35.3 Å². The predicted molar refractivity (Wildman–Crippen MR) is 64.8 cm³/mol. The Balaban J connectivity index is 2.13. The van der Waals surface area contributed by atoms with E-state index in [0.717, 1.165) is 5.82 Å². The highest BCUT2D eigenvalue weighted by molar-refractivity contribution is 6.28. The van der Waals surface area contributed by atoms with Crippen molar-refractivity contribution in [1.82, 2.24) is 14.8 Å². The quantitative estimate of drug-likeness (QED) is 0.909. The topological polar surface area (TPSA) is 69.9 Å². The standard InChI is InChI=1S/C11H15ClN4O/c1-7(2)16-11(14-6-15-16)5-8(13)9-3-4-10(12)17-9/h3-4,6-8H,5,13H2,1-2H3. The van der Waals surface area contributed by atoms with Crippen molar-refractivity contribution in [1.29, 1.82) is 0 Å². The molecular weight excluding hydrogens is 240 g/mol. The molecule has 2 heterocycles. The van der Waals surface area contributed by atoms with Crippen molar-refractivity contribution in [2.45, 2.75) is 32.4 Å². The number of nitrogens with zero attached hydrogens (tertiary/aromatic N) is 3. The highest BCUT2D eigenvalue weighted by atomic mass is 35.5. The van der Waals surface area contributed by atoms with Crippen LogP contribution in [0.4, 0.5) is 0 Å². The van der Waals surface area contributed by atoms with Crippen LogP contribution < -0.4 is 5.73 Å². The Bertz CT molecular complexity index is 491. The number of hydrogen-bond donors (Lipinski definition) is 1. The molecule has 0 aromatic carbocycles. The second kappa shape index (κ2) is 4.89. The van der Waals surface area contributed by atoms with Crippen LogP contribution in [0.25, 0.3) is 0 Å². The third-order valence-corrected chi connectivity index (χ3v) is 2.70. The molecule has 0 amide bonds. The summed E-state index contributed by atoms with van der Waals surface area (Å²) in [5.74, 6) is 1.51. The lowest BCUT2D eigenvalue weighted by Crippen LogP contribution is -2.17. The van der Waals surface area contributed by atoms with E-state index >= 15 is 0 Å². The molecule has 2 aromatic rings. The van der Waals surface area contributed by atoms with Gasteiger partial charge in [0, 0.05) is 12.5 Å². The first kappa shape index (κ1) is 12.1. The van der Waals surface area contributed by atoms with E-state index in [4.69, 9.17) is 21.8 Å². The van der Waals surface area contributed by atoms with Gasteiger partial charge in [0.05, 0.1) is 6.04 Å². The van der Waals surface area contributed by atoms with Crippen molar-refractivity contribution < 1.29 is 4.42 Å². The fourth-order valence-electron chi connectivity index (χ4n) is 1.68. The maximum absolute atomic E-state index is 6.04. The third kappa shape index (κ3) is 2.68. The molecule has 2 aromatic heterocycles. The molecule has 2 rings (SSSR count). The second-order valence-electron chi connectivity index (χ2n) is 4.17. The summed E-state index contributed by atoms with van der Waals surface area (Å²) in [7, 11) is 0. The first-order valence-electron chi connectivity index (χ1n) is 5.47. The summed E-state index contributed by atoms with van der Waals surface area (Å²) in [6.07, 6.45) is 2.11. The number of aromatic nitrogens is 3. The normalized spacial score (nSPS) is 13.2. The monoisotopic (exact) mass is 254 g/mol. The summed E-state index contributed by atoms with van der Waals surface area (Å²) in [4.78, 5) is 4.21. The van der Waals surface area contributed by atoms with Crippen LogP contribution in [0.3, 0.4) is 0 Å².